The summed E-state index contributed by atoms with van der Waals surface area (Å²) in [7, 11) is 0. The maximum Gasteiger partial charge on any atom is 0.0232 e. The number of hydrogen-bond donors (Lipinski definition) is 3. The molecule has 5 N–H and O–H groups in total. The van der Waals surface area contributed by atoms with Gasteiger partial charge in [0.1, 0.15) is 0 Å². The van der Waals surface area contributed by atoms with Gasteiger partial charge in [-0.3, -0.25) is 0 Å². The van der Waals surface area contributed by atoms with Crippen LogP contribution in [0.4, 0.5) is 0 Å². The third kappa shape index (κ3) is 5.50. The largest absolute Gasteiger partial charge is 0.328 e. The highest BCUT2D eigenvalue weighted by atomic mass is 15.0. The zero-order valence-electron chi connectivity index (χ0n) is 16.6. The highest BCUT2D eigenvalue weighted by Gasteiger charge is 2.47. The highest BCUT2D eigenvalue weighted by Crippen LogP contribution is 2.46. The minimum atomic E-state index is -0.105. The molecule has 0 saturated carbocycles. The van der Waals surface area contributed by atoms with Crippen LogP contribution < -0.4 is 16.8 Å². The van der Waals surface area contributed by atoms with Crippen LogP contribution in [0.5, 0.6) is 0 Å². The van der Waals surface area contributed by atoms with Crippen LogP contribution in [0, 0.1) is 5.41 Å². The van der Waals surface area contributed by atoms with Gasteiger partial charge in [0.25, 0.3) is 0 Å². The average Bonchev–Trinajstić information content (AvgIpc) is 2.43. The highest BCUT2D eigenvalue weighted by molar-refractivity contribution is 5.04. The molecule has 0 aliphatic heterocycles. The van der Waals surface area contributed by atoms with E-state index in [2.05, 4.69) is 60.7 Å². The van der Waals surface area contributed by atoms with Crippen LogP contribution in [0.1, 0.15) is 93.9 Å². The average molecular weight is 314 g/mol. The quantitative estimate of drug-likeness (QED) is 0.536. The predicted octanol–water partition coefficient (Wildman–Crippen LogP) is 4.19. The summed E-state index contributed by atoms with van der Waals surface area (Å²) in [5.41, 5.74) is 12.7. The van der Waals surface area contributed by atoms with E-state index >= 15 is 0 Å². The second-order valence-electron chi connectivity index (χ2n) is 8.15. The van der Waals surface area contributed by atoms with Crippen molar-refractivity contribution in [2.45, 2.75) is 117 Å². The summed E-state index contributed by atoms with van der Waals surface area (Å²) in [5, 5.41) is 3.96. The summed E-state index contributed by atoms with van der Waals surface area (Å²) < 4.78 is 0. The van der Waals surface area contributed by atoms with Gasteiger partial charge in [-0.2, -0.15) is 0 Å². The van der Waals surface area contributed by atoms with Crippen molar-refractivity contribution in [3.63, 3.8) is 0 Å². The first kappa shape index (κ1) is 21.9. The van der Waals surface area contributed by atoms with Gasteiger partial charge in [0.2, 0.25) is 0 Å². The Morgan fingerprint density at radius 1 is 0.909 bits per heavy atom. The molecule has 22 heavy (non-hydrogen) atoms. The van der Waals surface area contributed by atoms with E-state index in [9.17, 15) is 0 Å². The molecule has 3 heteroatoms. The molecule has 0 rings (SSSR count). The molecule has 0 fully saturated rings. The third-order valence-electron chi connectivity index (χ3n) is 5.99. The van der Waals surface area contributed by atoms with Crippen molar-refractivity contribution in [3.05, 3.63) is 0 Å². The fraction of sp³-hybridized carbons (Fsp3) is 1.00. The Morgan fingerprint density at radius 2 is 1.41 bits per heavy atom. The van der Waals surface area contributed by atoms with E-state index in [0.29, 0.717) is 6.04 Å². The molecule has 0 aromatic heterocycles. The molecule has 0 aliphatic carbocycles. The monoisotopic (exact) mass is 313 g/mol. The first-order chi connectivity index (χ1) is 10.0. The number of nitrogens with one attached hydrogen (secondary N) is 1. The van der Waals surface area contributed by atoms with Gasteiger partial charge in [-0.05, 0) is 64.7 Å². The lowest BCUT2D eigenvalue weighted by molar-refractivity contribution is 0.0400. The lowest BCUT2D eigenvalue weighted by atomic mass is 9.60. The van der Waals surface area contributed by atoms with Crippen molar-refractivity contribution < 1.29 is 0 Å². The fourth-order valence-electron chi connectivity index (χ4n) is 4.22. The summed E-state index contributed by atoms with van der Waals surface area (Å²) >= 11 is 0. The molecular weight excluding hydrogens is 270 g/mol. The summed E-state index contributed by atoms with van der Waals surface area (Å²) in [6, 6.07) is 0.661. The number of nitrogens with two attached hydrogens (primary N) is 2. The van der Waals surface area contributed by atoms with E-state index in [1.807, 2.05) is 0 Å². The predicted molar refractivity (Wildman–Crippen MR) is 100 cm³/mol. The van der Waals surface area contributed by atoms with E-state index in [4.69, 9.17) is 11.5 Å². The molecule has 0 aliphatic rings. The molecule has 0 bridgehead atoms. The smallest absolute Gasteiger partial charge is 0.0232 e. The molecule has 0 aromatic carbocycles. The van der Waals surface area contributed by atoms with E-state index in [0.717, 1.165) is 38.5 Å². The summed E-state index contributed by atoms with van der Waals surface area (Å²) in [4.78, 5) is 0. The molecule has 3 nitrogen and oxygen atoms in total. The van der Waals surface area contributed by atoms with Gasteiger partial charge in [0.15, 0.2) is 0 Å². The minimum Gasteiger partial charge on any atom is -0.328 e. The molecule has 134 valence electrons. The molecule has 4 unspecified atom stereocenters. The Balaban J connectivity index is 5.46. The lowest BCUT2D eigenvalue weighted by Gasteiger charge is -2.53. The Kier molecular flexibility index (Phi) is 8.61. The normalized spacial score (nSPS) is 21.0. The van der Waals surface area contributed by atoms with Gasteiger partial charge in [-0.25, -0.2) is 0 Å². The van der Waals surface area contributed by atoms with Crippen LogP contribution in [0.2, 0.25) is 0 Å². The minimum absolute atomic E-state index is 0.105. The molecule has 0 radical (unpaired) electrons. The van der Waals surface area contributed by atoms with Crippen LogP contribution in [0.25, 0.3) is 0 Å². The molecule has 0 saturated heterocycles. The summed E-state index contributed by atoms with van der Waals surface area (Å²) in [6.07, 6.45) is 6.45. The zero-order chi connectivity index (χ0) is 17.6. The summed E-state index contributed by atoms with van der Waals surface area (Å²) in [5.74, 6) is 0. The first-order valence-electron chi connectivity index (χ1n) is 9.33. The van der Waals surface area contributed by atoms with Crippen LogP contribution in [-0.2, 0) is 0 Å². The number of hydrogen-bond acceptors (Lipinski definition) is 3. The van der Waals surface area contributed by atoms with Crippen molar-refractivity contribution in [1.82, 2.24) is 5.32 Å². The van der Waals surface area contributed by atoms with Gasteiger partial charge in [-0.15, -0.1) is 0 Å². The SMILES string of the molecule is CCC(C)(N)CC(C)(CC)C(CC)(CC)NC(C)CC(C)N. The third-order valence-corrected chi connectivity index (χ3v) is 5.99. The maximum atomic E-state index is 6.55. The van der Waals surface area contributed by atoms with Gasteiger partial charge >= 0.3 is 0 Å². The summed E-state index contributed by atoms with van der Waals surface area (Å²) in [6.45, 7) is 18.1. The van der Waals surface area contributed by atoms with Crippen LogP contribution in [0.15, 0.2) is 0 Å². The molecule has 4 atom stereocenters. The topological polar surface area (TPSA) is 64.1 Å². The maximum absolute atomic E-state index is 6.55. The van der Waals surface area contributed by atoms with Crippen molar-refractivity contribution in [3.8, 4) is 0 Å². The molecule has 0 spiro atoms. The zero-order valence-corrected chi connectivity index (χ0v) is 16.6. The van der Waals surface area contributed by atoms with Crippen molar-refractivity contribution >= 4 is 0 Å². The standard InChI is InChI=1S/C19H43N3/c1-9-17(7,14-18(8,21)10-2)19(11-3,12-4)22-16(6)13-15(5)20/h15-16,22H,9-14,20-21H2,1-8H3. The molecular formula is C19H43N3. The second kappa shape index (κ2) is 8.65. The molecule has 0 aromatic rings. The Labute approximate surface area is 140 Å². The van der Waals surface area contributed by atoms with Crippen molar-refractivity contribution in [1.29, 1.82) is 0 Å². The van der Waals surface area contributed by atoms with E-state index < -0.39 is 0 Å². The Hall–Kier alpha value is -0.120. The van der Waals surface area contributed by atoms with Crippen LogP contribution >= 0.6 is 0 Å². The van der Waals surface area contributed by atoms with Crippen LogP contribution in [0.3, 0.4) is 0 Å². The van der Waals surface area contributed by atoms with Gasteiger partial charge in [-0.1, -0.05) is 34.6 Å². The molecule has 0 amide bonds. The van der Waals surface area contributed by atoms with Crippen molar-refractivity contribution in [2.75, 3.05) is 0 Å². The van der Waals surface area contributed by atoms with Gasteiger partial charge in [0.05, 0.1) is 0 Å². The lowest BCUT2D eigenvalue weighted by Crippen LogP contribution is -2.61. The Morgan fingerprint density at radius 3 is 1.73 bits per heavy atom. The van der Waals surface area contributed by atoms with Crippen molar-refractivity contribution in [2.24, 2.45) is 16.9 Å². The fourth-order valence-corrected chi connectivity index (χ4v) is 4.22. The first-order valence-corrected chi connectivity index (χ1v) is 9.33. The van der Waals surface area contributed by atoms with E-state index in [1.165, 1.54) is 0 Å². The van der Waals surface area contributed by atoms with E-state index in [-0.39, 0.29) is 22.5 Å². The molecule has 0 heterocycles. The Bertz CT molecular complexity index is 308. The van der Waals surface area contributed by atoms with Gasteiger partial charge in [0, 0.05) is 23.2 Å². The number of rotatable bonds is 11. The van der Waals surface area contributed by atoms with Crippen LogP contribution in [-0.4, -0.2) is 23.2 Å². The second-order valence-corrected chi connectivity index (χ2v) is 8.15. The van der Waals surface area contributed by atoms with Gasteiger partial charge < -0.3 is 16.8 Å². The van der Waals surface area contributed by atoms with E-state index in [1.54, 1.807) is 0 Å².